The Labute approximate surface area is 73.1 Å². The summed E-state index contributed by atoms with van der Waals surface area (Å²) < 4.78 is 0. The summed E-state index contributed by atoms with van der Waals surface area (Å²) in [6, 6.07) is 3.82. The summed E-state index contributed by atoms with van der Waals surface area (Å²) >= 11 is 1.46. The number of carbonyl (C=O) groups is 1. The molecule has 0 atom stereocenters. The topological polar surface area (TPSA) is 45.8 Å². The first kappa shape index (κ1) is 7.24. The lowest BCUT2D eigenvalue weighted by Gasteiger charge is -1.86. The second-order valence-electron chi connectivity index (χ2n) is 2.28. The van der Waals surface area contributed by atoms with Gasteiger partial charge in [-0.2, -0.15) is 0 Å². The summed E-state index contributed by atoms with van der Waals surface area (Å²) in [5.74, 6) is 0. The Morgan fingerprint density at radius 1 is 1.58 bits per heavy atom. The predicted octanol–water partition coefficient (Wildman–Crippen LogP) is 1.95. The standard InChI is InChI=1S/C8H6N2OS/c11-4-6-5-12-8(10-6)7-2-1-3-9-7/h1-5,9H. The second kappa shape index (κ2) is 2.91. The van der Waals surface area contributed by atoms with Crippen molar-refractivity contribution in [2.75, 3.05) is 0 Å². The van der Waals surface area contributed by atoms with Crippen LogP contribution in [0, 0.1) is 0 Å². The monoisotopic (exact) mass is 178 g/mol. The number of nitrogens with zero attached hydrogens (tertiary/aromatic N) is 1. The van der Waals surface area contributed by atoms with E-state index in [0.29, 0.717) is 5.69 Å². The van der Waals surface area contributed by atoms with Gasteiger partial charge in [-0.05, 0) is 12.1 Å². The number of hydrogen-bond donors (Lipinski definition) is 1. The van der Waals surface area contributed by atoms with Crippen molar-refractivity contribution in [2.45, 2.75) is 0 Å². The zero-order valence-electron chi connectivity index (χ0n) is 6.15. The van der Waals surface area contributed by atoms with Crippen molar-refractivity contribution < 1.29 is 4.79 Å². The Hall–Kier alpha value is -1.42. The minimum Gasteiger partial charge on any atom is -0.359 e. The fraction of sp³-hybridized carbons (Fsp3) is 0. The minimum absolute atomic E-state index is 0.490. The molecule has 2 heterocycles. The van der Waals surface area contributed by atoms with E-state index < -0.39 is 0 Å². The molecule has 60 valence electrons. The van der Waals surface area contributed by atoms with Crippen LogP contribution in [0.3, 0.4) is 0 Å². The molecule has 3 nitrogen and oxygen atoms in total. The van der Waals surface area contributed by atoms with Crippen molar-refractivity contribution in [3.8, 4) is 10.7 Å². The molecule has 0 amide bonds. The van der Waals surface area contributed by atoms with E-state index in [1.54, 1.807) is 5.38 Å². The predicted molar refractivity (Wildman–Crippen MR) is 47.3 cm³/mol. The lowest BCUT2D eigenvalue weighted by molar-refractivity contribution is 0.111. The van der Waals surface area contributed by atoms with Crippen molar-refractivity contribution in [1.29, 1.82) is 0 Å². The number of thiazole rings is 1. The summed E-state index contributed by atoms with van der Waals surface area (Å²) in [5.41, 5.74) is 1.44. The Balaban J connectivity index is 2.41. The van der Waals surface area contributed by atoms with Crippen molar-refractivity contribution in [3.63, 3.8) is 0 Å². The van der Waals surface area contributed by atoms with Gasteiger partial charge in [-0.3, -0.25) is 4.79 Å². The van der Waals surface area contributed by atoms with Crippen LogP contribution in [0.15, 0.2) is 23.7 Å². The highest BCUT2D eigenvalue weighted by Gasteiger charge is 2.02. The third kappa shape index (κ3) is 1.16. The highest BCUT2D eigenvalue weighted by Crippen LogP contribution is 2.20. The quantitative estimate of drug-likeness (QED) is 0.714. The molecule has 4 heteroatoms. The number of H-pyrrole nitrogens is 1. The molecule has 0 fully saturated rings. The van der Waals surface area contributed by atoms with Gasteiger partial charge in [0.15, 0.2) is 6.29 Å². The Kier molecular flexibility index (Phi) is 1.75. The Morgan fingerprint density at radius 2 is 2.50 bits per heavy atom. The number of rotatable bonds is 2. The van der Waals surface area contributed by atoms with Crippen LogP contribution in [0.4, 0.5) is 0 Å². The largest absolute Gasteiger partial charge is 0.359 e. The van der Waals surface area contributed by atoms with Crippen molar-refractivity contribution in [1.82, 2.24) is 9.97 Å². The van der Waals surface area contributed by atoms with E-state index in [1.165, 1.54) is 11.3 Å². The molecule has 1 N–H and O–H groups in total. The van der Waals surface area contributed by atoms with Gasteiger partial charge < -0.3 is 4.98 Å². The van der Waals surface area contributed by atoms with Crippen LogP contribution in [0.5, 0.6) is 0 Å². The summed E-state index contributed by atoms with van der Waals surface area (Å²) in [5, 5.41) is 2.59. The van der Waals surface area contributed by atoms with Crippen molar-refractivity contribution in [2.24, 2.45) is 0 Å². The first-order valence-electron chi connectivity index (χ1n) is 3.44. The molecule has 0 unspecified atom stereocenters. The van der Waals surface area contributed by atoms with Crippen molar-refractivity contribution in [3.05, 3.63) is 29.4 Å². The maximum Gasteiger partial charge on any atom is 0.169 e. The number of aldehydes is 1. The highest BCUT2D eigenvalue weighted by molar-refractivity contribution is 7.13. The molecule has 0 saturated carbocycles. The van der Waals surface area contributed by atoms with E-state index in [1.807, 2.05) is 18.3 Å². The lowest BCUT2D eigenvalue weighted by Crippen LogP contribution is -1.79. The molecule has 0 aliphatic heterocycles. The van der Waals surface area contributed by atoms with Crippen LogP contribution < -0.4 is 0 Å². The van der Waals surface area contributed by atoms with Crippen LogP contribution >= 0.6 is 11.3 Å². The van der Waals surface area contributed by atoms with Crippen LogP contribution in [-0.2, 0) is 0 Å². The van der Waals surface area contributed by atoms with E-state index in [9.17, 15) is 4.79 Å². The molecule has 0 radical (unpaired) electrons. The summed E-state index contributed by atoms with van der Waals surface area (Å²) in [6.45, 7) is 0. The zero-order valence-corrected chi connectivity index (χ0v) is 6.97. The van der Waals surface area contributed by atoms with E-state index >= 15 is 0 Å². The van der Waals surface area contributed by atoms with Gasteiger partial charge in [0.25, 0.3) is 0 Å². The first-order valence-corrected chi connectivity index (χ1v) is 4.32. The fourth-order valence-corrected chi connectivity index (χ4v) is 1.68. The molecule has 0 aliphatic carbocycles. The number of hydrogen-bond acceptors (Lipinski definition) is 3. The average molecular weight is 178 g/mol. The smallest absolute Gasteiger partial charge is 0.169 e. The van der Waals surface area contributed by atoms with Gasteiger partial charge in [-0.15, -0.1) is 11.3 Å². The van der Waals surface area contributed by atoms with Crippen molar-refractivity contribution >= 4 is 17.6 Å². The van der Waals surface area contributed by atoms with Crippen LogP contribution in [0.2, 0.25) is 0 Å². The van der Waals surface area contributed by atoms with Gasteiger partial charge in [0.2, 0.25) is 0 Å². The third-order valence-electron chi connectivity index (χ3n) is 1.47. The molecular weight excluding hydrogens is 172 g/mol. The summed E-state index contributed by atoms with van der Waals surface area (Å²) in [6.07, 6.45) is 2.58. The average Bonchev–Trinajstić information content (AvgIpc) is 2.75. The number of carbonyl (C=O) groups excluding carboxylic acids is 1. The zero-order chi connectivity index (χ0) is 8.39. The van der Waals surface area contributed by atoms with Gasteiger partial charge >= 0.3 is 0 Å². The molecule has 0 aromatic carbocycles. The molecule has 2 rings (SSSR count). The minimum atomic E-state index is 0.490. The van der Waals surface area contributed by atoms with E-state index in [-0.39, 0.29) is 0 Å². The maximum absolute atomic E-state index is 10.3. The van der Waals surface area contributed by atoms with Crippen LogP contribution in [-0.4, -0.2) is 16.3 Å². The van der Waals surface area contributed by atoms with Crippen LogP contribution in [0.25, 0.3) is 10.7 Å². The number of nitrogens with one attached hydrogen (secondary N) is 1. The molecular formula is C8H6N2OS. The summed E-state index contributed by atoms with van der Waals surface area (Å²) in [4.78, 5) is 17.4. The second-order valence-corrected chi connectivity index (χ2v) is 3.14. The highest BCUT2D eigenvalue weighted by atomic mass is 32.1. The van der Waals surface area contributed by atoms with Gasteiger partial charge in [-0.25, -0.2) is 4.98 Å². The van der Waals surface area contributed by atoms with Crippen LogP contribution in [0.1, 0.15) is 10.5 Å². The molecule has 0 saturated heterocycles. The summed E-state index contributed by atoms with van der Waals surface area (Å²) in [7, 11) is 0. The van der Waals surface area contributed by atoms with E-state index in [2.05, 4.69) is 9.97 Å². The SMILES string of the molecule is O=Cc1csc(-c2ccc[nH]2)n1. The third-order valence-corrected chi connectivity index (χ3v) is 2.36. The number of aromatic nitrogens is 2. The number of aromatic amines is 1. The molecule has 0 aliphatic rings. The fourth-order valence-electron chi connectivity index (χ4n) is 0.927. The molecule has 12 heavy (non-hydrogen) atoms. The maximum atomic E-state index is 10.3. The van der Waals surface area contributed by atoms with Gasteiger partial charge in [0, 0.05) is 11.6 Å². The molecule has 0 bridgehead atoms. The Bertz CT molecular complexity index is 377. The van der Waals surface area contributed by atoms with Gasteiger partial charge in [0.05, 0.1) is 5.69 Å². The molecule has 2 aromatic rings. The molecule has 0 spiro atoms. The Morgan fingerprint density at radius 3 is 3.08 bits per heavy atom. The van der Waals surface area contributed by atoms with E-state index in [4.69, 9.17) is 0 Å². The van der Waals surface area contributed by atoms with Gasteiger partial charge in [-0.1, -0.05) is 0 Å². The van der Waals surface area contributed by atoms with Gasteiger partial charge in [0.1, 0.15) is 10.7 Å². The van der Waals surface area contributed by atoms with E-state index in [0.717, 1.165) is 17.0 Å². The normalized spacial score (nSPS) is 10.0. The first-order chi connectivity index (χ1) is 5.90. The molecule has 2 aromatic heterocycles. The lowest BCUT2D eigenvalue weighted by atomic mass is 10.4.